The van der Waals surface area contributed by atoms with Crippen LogP contribution in [-0.4, -0.2) is 18.4 Å². The van der Waals surface area contributed by atoms with Crippen molar-refractivity contribution in [1.29, 1.82) is 5.26 Å². The van der Waals surface area contributed by atoms with Crippen molar-refractivity contribution in [1.82, 2.24) is 0 Å². The number of ether oxygens (including phenoxy) is 1. The molecule has 0 spiro atoms. The number of aryl methyl sites for hydroxylation is 3. The minimum atomic E-state index is -0.500. The topological polar surface area (TPSA) is 91.2 Å². The van der Waals surface area contributed by atoms with Crippen molar-refractivity contribution < 1.29 is 14.3 Å². The molecule has 3 aromatic carbocycles. The van der Waals surface area contributed by atoms with Crippen molar-refractivity contribution in [3.05, 3.63) is 91.4 Å². The van der Waals surface area contributed by atoms with Gasteiger partial charge in [0.25, 0.3) is 11.8 Å². The first-order valence-electron chi connectivity index (χ1n) is 10.6. The van der Waals surface area contributed by atoms with Crippen molar-refractivity contribution in [2.75, 3.05) is 17.2 Å². The molecular weight excluding hydrogens is 574 g/mol. The zero-order valence-electron chi connectivity index (χ0n) is 19.4. The SMILES string of the molecule is Cc1cccc(NC(=O)COc2c(Br)cc(/C=C(\C#N)C(=O)Nc3ccc(C)cc3C)cc2Br)c1. The molecule has 3 rings (SSSR count). The molecule has 0 bridgehead atoms. The summed E-state index contributed by atoms with van der Waals surface area (Å²) in [6.45, 7) is 5.62. The highest BCUT2D eigenvalue weighted by Gasteiger charge is 2.14. The first kappa shape index (κ1) is 26.2. The summed E-state index contributed by atoms with van der Waals surface area (Å²) in [6, 6.07) is 18.5. The quantitative estimate of drug-likeness (QED) is 0.234. The minimum absolute atomic E-state index is 0.0463. The monoisotopic (exact) mass is 595 g/mol. The van der Waals surface area contributed by atoms with E-state index in [1.165, 1.54) is 6.08 Å². The lowest BCUT2D eigenvalue weighted by molar-refractivity contribution is -0.118. The summed E-state index contributed by atoms with van der Waals surface area (Å²) in [4.78, 5) is 25.0. The van der Waals surface area contributed by atoms with Gasteiger partial charge < -0.3 is 15.4 Å². The Kier molecular flexibility index (Phi) is 8.85. The lowest BCUT2D eigenvalue weighted by Crippen LogP contribution is -2.20. The number of halogens is 2. The summed E-state index contributed by atoms with van der Waals surface area (Å²) in [5.41, 5.74) is 4.94. The third kappa shape index (κ3) is 7.28. The first-order valence-corrected chi connectivity index (χ1v) is 12.2. The Balaban J connectivity index is 1.71. The molecule has 0 saturated carbocycles. The van der Waals surface area contributed by atoms with Gasteiger partial charge in [0.2, 0.25) is 0 Å². The molecule has 3 aromatic rings. The number of anilines is 2. The largest absolute Gasteiger partial charge is 0.481 e. The van der Waals surface area contributed by atoms with Gasteiger partial charge in [0.05, 0.1) is 8.95 Å². The van der Waals surface area contributed by atoms with Crippen LogP contribution in [0.4, 0.5) is 11.4 Å². The Labute approximate surface area is 221 Å². The molecule has 0 aliphatic carbocycles. The van der Waals surface area contributed by atoms with Gasteiger partial charge in [-0.15, -0.1) is 0 Å². The molecule has 35 heavy (non-hydrogen) atoms. The Bertz CT molecular complexity index is 1340. The number of carbonyl (C=O) groups is 2. The molecule has 0 saturated heterocycles. The van der Waals surface area contributed by atoms with Crippen LogP contribution in [0, 0.1) is 32.1 Å². The van der Waals surface area contributed by atoms with Crippen LogP contribution in [0.2, 0.25) is 0 Å². The maximum Gasteiger partial charge on any atom is 0.266 e. The predicted molar refractivity (Wildman–Crippen MR) is 145 cm³/mol. The van der Waals surface area contributed by atoms with Crippen LogP contribution < -0.4 is 15.4 Å². The smallest absolute Gasteiger partial charge is 0.266 e. The van der Waals surface area contributed by atoms with E-state index in [1.807, 2.05) is 63.2 Å². The summed E-state index contributed by atoms with van der Waals surface area (Å²) >= 11 is 6.89. The highest BCUT2D eigenvalue weighted by atomic mass is 79.9. The van der Waals surface area contributed by atoms with Crippen LogP contribution in [0.15, 0.2) is 69.1 Å². The molecule has 0 radical (unpaired) electrons. The average Bonchev–Trinajstić information content (AvgIpc) is 2.78. The van der Waals surface area contributed by atoms with Crippen LogP contribution in [-0.2, 0) is 9.59 Å². The third-order valence-electron chi connectivity index (χ3n) is 4.98. The fraction of sp³-hybridized carbons (Fsp3) is 0.148. The Morgan fingerprint density at radius 1 is 0.971 bits per heavy atom. The van der Waals surface area contributed by atoms with E-state index >= 15 is 0 Å². The first-order chi connectivity index (χ1) is 16.7. The second-order valence-corrected chi connectivity index (χ2v) is 9.67. The molecule has 0 unspecified atom stereocenters. The molecular formula is C27H23Br2N3O3. The lowest BCUT2D eigenvalue weighted by Gasteiger charge is -2.12. The van der Waals surface area contributed by atoms with E-state index in [0.29, 0.717) is 31.6 Å². The van der Waals surface area contributed by atoms with E-state index in [-0.39, 0.29) is 18.1 Å². The van der Waals surface area contributed by atoms with Crippen molar-refractivity contribution in [2.45, 2.75) is 20.8 Å². The van der Waals surface area contributed by atoms with Gasteiger partial charge in [-0.2, -0.15) is 5.26 Å². The number of hydrogen-bond donors (Lipinski definition) is 2. The molecule has 0 aliphatic heterocycles. The van der Waals surface area contributed by atoms with Gasteiger partial charge in [0.15, 0.2) is 6.61 Å². The number of hydrogen-bond acceptors (Lipinski definition) is 4. The summed E-state index contributed by atoms with van der Waals surface area (Å²) in [5, 5.41) is 15.1. The molecule has 6 nitrogen and oxygen atoms in total. The van der Waals surface area contributed by atoms with E-state index in [2.05, 4.69) is 42.5 Å². The van der Waals surface area contributed by atoms with Gasteiger partial charge >= 0.3 is 0 Å². The number of nitrogens with one attached hydrogen (secondary N) is 2. The summed E-state index contributed by atoms with van der Waals surface area (Å²) in [7, 11) is 0. The van der Waals surface area contributed by atoms with E-state index < -0.39 is 5.91 Å². The second kappa shape index (κ2) is 11.8. The zero-order chi connectivity index (χ0) is 25.5. The lowest BCUT2D eigenvalue weighted by atomic mass is 10.1. The van der Waals surface area contributed by atoms with Gasteiger partial charge in [0, 0.05) is 11.4 Å². The summed E-state index contributed by atoms with van der Waals surface area (Å²) in [6.07, 6.45) is 1.49. The van der Waals surface area contributed by atoms with Gasteiger partial charge in [-0.05, 0) is 106 Å². The molecule has 0 aliphatic rings. The standard InChI is InChI=1S/C27H23Br2N3O3/c1-16-5-4-6-21(10-16)31-25(33)15-35-26-22(28)12-19(13-23(26)29)11-20(14-30)27(34)32-24-8-7-17(2)9-18(24)3/h4-13H,15H2,1-3H3,(H,31,33)(H,32,34)/b20-11+. The number of nitrogens with zero attached hydrogens (tertiary/aromatic N) is 1. The number of benzene rings is 3. The van der Waals surface area contributed by atoms with Crippen LogP contribution in [0.25, 0.3) is 6.08 Å². The molecule has 0 atom stereocenters. The molecule has 2 amide bonds. The van der Waals surface area contributed by atoms with Gasteiger partial charge in [-0.3, -0.25) is 9.59 Å². The molecule has 0 fully saturated rings. The fourth-order valence-corrected chi connectivity index (χ4v) is 4.77. The van der Waals surface area contributed by atoms with E-state index in [0.717, 1.165) is 16.7 Å². The highest BCUT2D eigenvalue weighted by Crippen LogP contribution is 2.35. The Morgan fingerprint density at radius 3 is 2.29 bits per heavy atom. The molecule has 0 heterocycles. The third-order valence-corrected chi connectivity index (χ3v) is 6.15. The van der Waals surface area contributed by atoms with Crippen LogP contribution >= 0.6 is 31.9 Å². The molecule has 178 valence electrons. The number of amides is 2. The van der Waals surface area contributed by atoms with E-state index in [1.54, 1.807) is 18.2 Å². The maximum absolute atomic E-state index is 12.7. The summed E-state index contributed by atoms with van der Waals surface area (Å²) in [5.74, 6) is -0.368. The van der Waals surface area contributed by atoms with Gasteiger partial charge in [-0.25, -0.2) is 0 Å². The van der Waals surface area contributed by atoms with Crippen molar-refractivity contribution >= 4 is 61.1 Å². The highest BCUT2D eigenvalue weighted by molar-refractivity contribution is 9.11. The maximum atomic E-state index is 12.7. The minimum Gasteiger partial charge on any atom is -0.481 e. The van der Waals surface area contributed by atoms with E-state index in [9.17, 15) is 14.9 Å². The second-order valence-electron chi connectivity index (χ2n) is 7.96. The number of nitriles is 1. The molecule has 0 aromatic heterocycles. The van der Waals surface area contributed by atoms with Crippen molar-refractivity contribution in [3.63, 3.8) is 0 Å². The van der Waals surface area contributed by atoms with Crippen molar-refractivity contribution in [3.8, 4) is 11.8 Å². The molecule has 8 heteroatoms. The van der Waals surface area contributed by atoms with Gasteiger partial charge in [0.1, 0.15) is 17.4 Å². The molecule has 2 N–H and O–H groups in total. The Hall–Kier alpha value is -3.41. The number of carbonyl (C=O) groups excluding carboxylic acids is 2. The van der Waals surface area contributed by atoms with Crippen LogP contribution in [0.5, 0.6) is 5.75 Å². The van der Waals surface area contributed by atoms with Crippen LogP contribution in [0.1, 0.15) is 22.3 Å². The summed E-state index contributed by atoms with van der Waals surface area (Å²) < 4.78 is 6.82. The normalized spacial score (nSPS) is 10.9. The fourth-order valence-electron chi connectivity index (χ4n) is 3.32. The zero-order valence-corrected chi connectivity index (χ0v) is 22.6. The van der Waals surface area contributed by atoms with Gasteiger partial charge in [-0.1, -0.05) is 29.8 Å². The number of rotatable bonds is 7. The Morgan fingerprint density at radius 2 is 1.66 bits per heavy atom. The van der Waals surface area contributed by atoms with Crippen LogP contribution in [0.3, 0.4) is 0 Å². The average molecular weight is 597 g/mol. The van der Waals surface area contributed by atoms with Crippen molar-refractivity contribution in [2.24, 2.45) is 0 Å². The van der Waals surface area contributed by atoms with E-state index in [4.69, 9.17) is 4.74 Å². The predicted octanol–water partition coefficient (Wildman–Crippen LogP) is 6.70.